The second-order valence-corrected chi connectivity index (χ2v) is 4.43. The Morgan fingerprint density at radius 2 is 2.31 bits per heavy atom. The normalized spacial score (nSPS) is 21.1. The molecule has 1 saturated heterocycles. The lowest BCUT2D eigenvalue weighted by molar-refractivity contribution is -0.137. The van der Waals surface area contributed by atoms with E-state index >= 15 is 0 Å². The van der Waals surface area contributed by atoms with Gasteiger partial charge in [0.15, 0.2) is 0 Å². The summed E-state index contributed by atoms with van der Waals surface area (Å²) in [5.41, 5.74) is 0. The minimum atomic E-state index is 0.0424. The van der Waals surface area contributed by atoms with Crippen LogP contribution in [0.15, 0.2) is 0 Å². The molecule has 1 aliphatic heterocycles. The molecule has 0 spiro atoms. The maximum absolute atomic E-state index is 11.4. The monoisotopic (exact) mass is 230 g/mol. The molecule has 16 heavy (non-hydrogen) atoms. The molecule has 1 heterocycles. The summed E-state index contributed by atoms with van der Waals surface area (Å²) >= 11 is 0. The predicted octanol–water partition coefficient (Wildman–Crippen LogP) is 0.111. The SMILES string of the molecule is CC(C)CNC(=O)CNCC1CCOCO1. The molecule has 1 unspecified atom stereocenters. The minimum Gasteiger partial charge on any atom is -0.355 e. The molecular weight excluding hydrogens is 208 g/mol. The number of nitrogens with one attached hydrogen (secondary N) is 2. The third kappa shape index (κ3) is 6.05. The van der Waals surface area contributed by atoms with Gasteiger partial charge in [-0.05, 0) is 12.3 Å². The van der Waals surface area contributed by atoms with Crippen molar-refractivity contribution in [2.45, 2.75) is 26.4 Å². The summed E-state index contributed by atoms with van der Waals surface area (Å²) in [5, 5.41) is 5.94. The number of amides is 1. The first kappa shape index (κ1) is 13.4. The van der Waals surface area contributed by atoms with Crippen LogP contribution in [0.5, 0.6) is 0 Å². The van der Waals surface area contributed by atoms with E-state index in [2.05, 4.69) is 24.5 Å². The van der Waals surface area contributed by atoms with E-state index in [0.717, 1.165) is 19.6 Å². The van der Waals surface area contributed by atoms with Crippen molar-refractivity contribution in [3.05, 3.63) is 0 Å². The Bertz CT molecular complexity index is 203. The van der Waals surface area contributed by atoms with Crippen molar-refractivity contribution < 1.29 is 14.3 Å². The van der Waals surface area contributed by atoms with E-state index in [-0.39, 0.29) is 12.0 Å². The summed E-state index contributed by atoms with van der Waals surface area (Å²) in [6, 6.07) is 0. The first-order valence-electron chi connectivity index (χ1n) is 5.85. The molecule has 0 saturated carbocycles. The van der Waals surface area contributed by atoms with Crippen LogP contribution in [-0.4, -0.2) is 45.0 Å². The number of ether oxygens (including phenoxy) is 2. The molecule has 1 aliphatic rings. The Morgan fingerprint density at radius 3 is 2.94 bits per heavy atom. The number of hydrogen-bond acceptors (Lipinski definition) is 4. The van der Waals surface area contributed by atoms with Gasteiger partial charge in [-0.15, -0.1) is 0 Å². The Labute approximate surface area is 96.9 Å². The van der Waals surface area contributed by atoms with Crippen molar-refractivity contribution in [2.24, 2.45) is 5.92 Å². The molecule has 94 valence electrons. The number of rotatable bonds is 6. The van der Waals surface area contributed by atoms with Crippen LogP contribution < -0.4 is 10.6 Å². The molecule has 0 aliphatic carbocycles. The van der Waals surface area contributed by atoms with Crippen molar-refractivity contribution in [3.8, 4) is 0 Å². The van der Waals surface area contributed by atoms with Crippen molar-refractivity contribution in [1.82, 2.24) is 10.6 Å². The molecule has 0 radical (unpaired) electrons. The van der Waals surface area contributed by atoms with Gasteiger partial charge in [0, 0.05) is 13.1 Å². The van der Waals surface area contributed by atoms with Gasteiger partial charge in [-0.3, -0.25) is 4.79 Å². The van der Waals surface area contributed by atoms with Crippen LogP contribution in [0.3, 0.4) is 0 Å². The highest BCUT2D eigenvalue weighted by Gasteiger charge is 2.13. The fourth-order valence-electron chi connectivity index (χ4n) is 1.39. The van der Waals surface area contributed by atoms with Gasteiger partial charge in [0.1, 0.15) is 6.79 Å². The molecular formula is C11H22N2O3. The highest BCUT2D eigenvalue weighted by Crippen LogP contribution is 2.03. The maximum atomic E-state index is 11.4. The largest absolute Gasteiger partial charge is 0.355 e. The highest BCUT2D eigenvalue weighted by atomic mass is 16.7. The molecule has 0 aromatic rings. The van der Waals surface area contributed by atoms with Crippen molar-refractivity contribution in [1.29, 1.82) is 0 Å². The lowest BCUT2D eigenvalue weighted by Gasteiger charge is -2.22. The fourth-order valence-corrected chi connectivity index (χ4v) is 1.39. The topological polar surface area (TPSA) is 59.6 Å². The molecule has 2 N–H and O–H groups in total. The summed E-state index contributed by atoms with van der Waals surface area (Å²) in [6.07, 6.45) is 1.06. The van der Waals surface area contributed by atoms with Crippen LogP contribution in [0, 0.1) is 5.92 Å². The average Bonchev–Trinajstić information content (AvgIpc) is 2.28. The van der Waals surface area contributed by atoms with E-state index < -0.39 is 0 Å². The van der Waals surface area contributed by atoms with Gasteiger partial charge in [-0.2, -0.15) is 0 Å². The Hall–Kier alpha value is -0.650. The van der Waals surface area contributed by atoms with Gasteiger partial charge in [-0.25, -0.2) is 0 Å². The zero-order chi connectivity index (χ0) is 11.8. The molecule has 5 nitrogen and oxygen atoms in total. The third-order valence-electron chi connectivity index (χ3n) is 2.34. The van der Waals surface area contributed by atoms with E-state index in [9.17, 15) is 4.79 Å². The first-order valence-corrected chi connectivity index (χ1v) is 5.85. The Kier molecular flexibility index (Phi) is 6.37. The lowest BCUT2D eigenvalue weighted by Crippen LogP contribution is -2.40. The zero-order valence-corrected chi connectivity index (χ0v) is 10.1. The van der Waals surface area contributed by atoms with Gasteiger partial charge >= 0.3 is 0 Å². The van der Waals surface area contributed by atoms with Crippen LogP contribution in [0.2, 0.25) is 0 Å². The first-order chi connectivity index (χ1) is 7.68. The zero-order valence-electron chi connectivity index (χ0n) is 10.1. The van der Waals surface area contributed by atoms with E-state index in [1.165, 1.54) is 0 Å². The number of carbonyl (C=O) groups excluding carboxylic acids is 1. The van der Waals surface area contributed by atoms with E-state index in [1.807, 2.05) is 0 Å². The molecule has 1 amide bonds. The second-order valence-electron chi connectivity index (χ2n) is 4.43. The molecule has 0 bridgehead atoms. The summed E-state index contributed by atoms with van der Waals surface area (Å²) in [7, 11) is 0. The van der Waals surface area contributed by atoms with Gasteiger partial charge in [0.25, 0.3) is 0 Å². The predicted molar refractivity (Wildman–Crippen MR) is 61.0 cm³/mol. The van der Waals surface area contributed by atoms with E-state index in [1.54, 1.807) is 0 Å². The van der Waals surface area contributed by atoms with Crippen LogP contribution in [-0.2, 0) is 14.3 Å². The van der Waals surface area contributed by atoms with Crippen LogP contribution in [0.25, 0.3) is 0 Å². The molecule has 0 aromatic heterocycles. The van der Waals surface area contributed by atoms with Crippen molar-refractivity contribution in [2.75, 3.05) is 33.0 Å². The third-order valence-corrected chi connectivity index (χ3v) is 2.34. The van der Waals surface area contributed by atoms with Gasteiger partial charge < -0.3 is 20.1 Å². The lowest BCUT2D eigenvalue weighted by atomic mass is 10.2. The quantitative estimate of drug-likeness (QED) is 0.680. The summed E-state index contributed by atoms with van der Waals surface area (Å²) < 4.78 is 10.4. The minimum absolute atomic E-state index is 0.0424. The van der Waals surface area contributed by atoms with Crippen molar-refractivity contribution in [3.63, 3.8) is 0 Å². The molecule has 5 heteroatoms. The Morgan fingerprint density at radius 1 is 1.50 bits per heavy atom. The van der Waals surface area contributed by atoms with Gasteiger partial charge in [0.2, 0.25) is 5.91 Å². The number of hydrogen-bond donors (Lipinski definition) is 2. The second kappa shape index (κ2) is 7.60. The standard InChI is InChI=1S/C11H22N2O3/c1-9(2)5-13-11(14)7-12-6-10-3-4-15-8-16-10/h9-10,12H,3-8H2,1-2H3,(H,13,14). The van der Waals surface area contributed by atoms with Gasteiger partial charge in [0.05, 0.1) is 19.3 Å². The number of carbonyl (C=O) groups is 1. The summed E-state index contributed by atoms with van der Waals surface area (Å²) in [6.45, 7) is 7.05. The summed E-state index contributed by atoms with van der Waals surface area (Å²) in [5.74, 6) is 0.531. The van der Waals surface area contributed by atoms with Crippen LogP contribution in [0.4, 0.5) is 0 Å². The smallest absolute Gasteiger partial charge is 0.233 e. The summed E-state index contributed by atoms with van der Waals surface area (Å²) in [4.78, 5) is 11.4. The maximum Gasteiger partial charge on any atom is 0.233 e. The highest BCUT2D eigenvalue weighted by molar-refractivity contribution is 5.77. The molecule has 1 fully saturated rings. The van der Waals surface area contributed by atoms with Crippen LogP contribution >= 0.6 is 0 Å². The fraction of sp³-hybridized carbons (Fsp3) is 0.909. The van der Waals surface area contributed by atoms with E-state index in [0.29, 0.717) is 25.8 Å². The molecule has 1 atom stereocenters. The van der Waals surface area contributed by atoms with Crippen molar-refractivity contribution >= 4 is 5.91 Å². The van der Waals surface area contributed by atoms with Crippen LogP contribution in [0.1, 0.15) is 20.3 Å². The van der Waals surface area contributed by atoms with Gasteiger partial charge in [-0.1, -0.05) is 13.8 Å². The Balaban J connectivity index is 1.99. The molecule has 0 aromatic carbocycles. The average molecular weight is 230 g/mol. The van der Waals surface area contributed by atoms with E-state index in [4.69, 9.17) is 9.47 Å². The molecule has 1 rings (SSSR count).